The molecule has 2 heterocycles. The topological polar surface area (TPSA) is 76.2 Å². The Labute approximate surface area is 352 Å². The molecule has 5 aromatic carbocycles. The van der Waals surface area contributed by atoms with Crippen LogP contribution in [0.3, 0.4) is 0 Å². The quantitative estimate of drug-likeness (QED) is 0.0605. The molecule has 6 heteroatoms. The molecule has 1 radical (unpaired) electrons. The number of carbonyl (C=O) groups is 1. The summed E-state index contributed by atoms with van der Waals surface area (Å²) in [6, 6.07) is 33.4. The van der Waals surface area contributed by atoms with Crippen molar-refractivity contribution < 1.29 is 34.4 Å². The molecule has 0 amide bonds. The number of allylic oxidation sites excluding steroid dienone is 2. The van der Waals surface area contributed by atoms with Crippen LogP contribution in [0.2, 0.25) is 0 Å². The number of aliphatic hydroxyl groups excluding tert-OH is 1. The van der Waals surface area contributed by atoms with Crippen LogP contribution in [-0.4, -0.2) is 20.9 Å². The number of aliphatic hydroxyl groups is 1. The van der Waals surface area contributed by atoms with Crippen LogP contribution in [-0.2, 0) is 31.3 Å². The zero-order valence-electron chi connectivity index (χ0n) is 35.3. The third-order valence-corrected chi connectivity index (χ3v) is 12.2. The monoisotopic (exact) mass is 938 g/mol. The molecule has 0 bridgehead atoms. The maximum Gasteiger partial charge on any atom is 0.164 e. The molecular weight excluding hydrogens is 881 g/mol. The van der Waals surface area contributed by atoms with Crippen LogP contribution in [0.25, 0.3) is 66.0 Å². The number of benzene rings is 5. The Morgan fingerprint density at radius 1 is 0.807 bits per heavy atom. The van der Waals surface area contributed by atoms with Crippen molar-refractivity contribution in [2.75, 3.05) is 0 Å². The molecule has 2 aromatic heterocycles. The summed E-state index contributed by atoms with van der Waals surface area (Å²) in [5.74, 6) is 1.64. The molecule has 0 saturated heterocycles. The minimum atomic E-state index is -0.337. The van der Waals surface area contributed by atoms with E-state index in [9.17, 15) is 9.90 Å². The maximum atomic E-state index is 12.2. The van der Waals surface area contributed by atoms with Gasteiger partial charge in [-0.2, -0.15) is 0 Å². The molecular formula is C51H57IrN2O3-. The van der Waals surface area contributed by atoms with E-state index in [0.29, 0.717) is 5.92 Å². The average molecular weight is 938 g/mol. The van der Waals surface area contributed by atoms with E-state index in [2.05, 4.69) is 99.6 Å². The minimum Gasteiger partial charge on any atom is -0.512 e. The third kappa shape index (κ3) is 8.78. The molecule has 1 N–H and O–H groups in total. The second-order valence-corrected chi connectivity index (χ2v) is 16.4. The van der Waals surface area contributed by atoms with Gasteiger partial charge in [-0.3, -0.25) is 9.78 Å². The number of rotatable bonds is 11. The van der Waals surface area contributed by atoms with Gasteiger partial charge in [0.25, 0.3) is 0 Å². The molecule has 57 heavy (non-hydrogen) atoms. The van der Waals surface area contributed by atoms with E-state index >= 15 is 0 Å². The Kier molecular flexibility index (Phi) is 13.6. The van der Waals surface area contributed by atoms with E-state index in [1.165, 1.54) is 33.5 Å². The molecule has 5 nitrogen and oxygen atoms in total. The van der Waals surface area contributed by atoms with Crippen molar-refractivity contribution in [3.05, 3.63) is 120 Å². The Morgan fingerprint density at radius 2 is 1.47 bits per heavy atom. The van der Waals surface area contributed by atoms with Gasteiger partial charge >= 0.3 is 0 Å². The molecule has 299 valence electrons. The number of ketones is 1. The van der Waals surface area contributed by atoms with Gasteiger partial charge in [0.15, 0.2) is 5.78 Å². The number of furan rings is 1. The molecule has 7 rings (SSSR count). The second-order valence-electron chi connectivity index (χ2n) is 16.4. The molecule has 0 aliphatic carbocycles. The van der Waals surface area contributed by atoms with E-state index in [4.69, 9.17) is 14.4 Å². The fraction of sp³-hybridized carbons (Fsp3) is 0.353. The summed E-state index contributed by atoms with van der Waals surface area (Å²) in [6.07, 6.45) is 5.82. The summed E-state index contributed by atoms with van der Waals surface area (Å²) in [5, 5.41) is 15.7. The van der Waals surface area contributed by atoms with Crippen LogP contribution in [0, 0.1) is 36.7 Å². The molecule has 0 aliphatic rings. The van der Waals surface area contributed by atoms with Crippen LogP contribution in [0.5, 0.6) is 0 Å². The molecule has 0 unspecified atom stereocenters. The van der Waals surface area contributed by atoms with E-state index in [-0.39, 0.29) is 42.5 Å². The average Bonchev–Trinajstić information content (AvgIpc) is 3.58. The normalized spacial score (nSPS) is 12.3. The number of aromatic nitrogens is 2. The van der Waals surface area contributed by atoms with Gasteiger partial charge in [-0.15, -0.1) is 18.2 Å². The van der Waals surface area contributed by atoms with Crippen LogP contribution in [0.1, 0.15) is 98.0 Å². The van der Waals surface area contributed by atoms with E-state index < -0.39 is 0 Å². The maximum absolute atomic E-state index is 12.2. The fourth-order valence-corrected chi connectivity index (χ4v) is 7.64. The number of hydrogen-bond acceptors (Lipinski definition) is 5. The largest absolute Gasteiger partial charge is 0.512 e. The van der Waals surface area contributed by atoms with Crippen molar-refractivity contribution in [2.24, 2.45) is 16.7 Å². The van der Waals surface area contributed by atoms with Gasteiger partial charge in [0.1, 0.15) is 17.2 Å². The van der Waals surface area contributed by atoms with Crippen molar-refractivity contribution in [2.45, 2.75) is 101 Å². The van der Waals surface area contributed by atoms with Crippen molar-refractivity contribution in [3.8, 4) is 22.4 Å². The third-order valence-electron chi connectivity index (χ3n) is 12.2. The van der Waals surface area contributed by atoms with E-state index in [1.54, 1.807) is 0 Å². The number of nitrogens with zero attached hydrogens (tertiary/aromatic N) is 2. The number of aryl methyl sites for hydroxylation is 2. The second kappa shape index (κ2) is 17.9. The van der Waals surface area contributed by atoms with Crippen LogP contribution in [0.15, 0.2) is 101 Å². The number of hydrogen-bond donors (Lipinski definition) is 1. The molecule has 0 atom stereocenters. The van der Waals surface area contributed by atoms with Crippen LogP contribution in [0.4, 0.5) is 0 Å². The molecule has 0 spiro atoms. The van der Waals surface area contributed by atoms with Gasteiger partial charge in [0.05, 0.1) is 11.1 Å². The predicted octanol–water partition coefficient (Wildman–Crippen LogP) is 14.3. The van der Waals surface area contributed by atoms with Crippen molar-refractivity contribution in [3.63, 3.8) is 0 Å². The van der Waals surface area contributed by atoms with Gasteiger partial charge < -0.3 is 9.52 Å². The first kappa shape index (κ1) is 43.5. The first-order valence-electron chi connectivity index (χ1n) is 20.3. The molecule has 0 fully saturated rings. The van der Waals surface area contributed by atoms with Crippen LogP contribution < -0.4 is 0 Å². The van der Waals surface area contributed by atoms with E-state index in [0.717, 1.165) is 87.6 Å². The Bertz CT molecular complexity index is 2560. The van der Waals surface area contributed by atoms with Crippen molar-refractivity contribution >= 4 is 49.4 Å². The van der Waals surface area contributed by atoms with Gasteiger partial charge in [-0.05, 0) is 91.0 Å². The standard InChI is InChI=1S/C36H29N2O.C15H28O2.Ir/c1-21(2)17-24-18-22(3)33-27(19-24)14-16-30-34(37-23(4)38-35(30)33)31-12-8-11-29-28-15-13-26(20-32(28)39-36(29)31)25-9-6-5-7-10-25;1-7-14(5,8-2)12(16)11-13(17)15(6,9-3)10-4;/h5-11,13-16,18-21H,17H2,1-4H3;11,16H,7-10H2,1-6H3;/q-1;;/b;12-11-;. The zero-order valence-corrected chi connectivity index (χ0v) is 37.7. The number of fused-ring (bicyclic) bond motifs is 6. The van der Waals surface area contributed by atoms with Crippen molar-refractivity contribution in [1.29, 1.82) is 0 Å². The smallest absolute Gasteiger partial charge is 0.164 e. The summed E-state index contributed by atoms with van der Waals surface area (Å²) in [5.41, 5.74) is 8.70. The Morgan fingerprint density at radius 3 is 2.12 bits per heavy atom. The summed E-state index contributed by atoms with van der Waals surface area (Å²) in [4.78, 5) is 22.1. The van der Waals surface area contributed by atoms with Gasteiger partial charge in [-0.1, -0.05) is 133 Å². The SMILES string of the molecule is CCC(C)(CC)C(=O)/C=C(\O)C(C)(CC)CC.Cc1nc(-c2[c-]ccc3c2oc2cc(-c4ccccc4)ccc23)c2ccc3cc(CC(C)C)cc(C)c3c2n1.[Ir]. The summed E-state index contributed by atoms with van der Waals surface area (Å²) in [7, 11) is 0. The summed E-state index contributed by atoms with van der Waals surface area (Å²) in [6.45, 7) is 20.8. The fourth-order valence-electron chi connectivity index (χ4n) is 7.64. The first-order chi connectivity index (χ1) is 26.7. The predicted molar refractivity (Wildman–Crippen MR) is 235 cm³/mol. The van der Waals surface area contributed by atoms with Gasteiger partial charge in [-0.25, -0.2) is 4.98 Å². The Balaban J connectivity index is 0.000000295. The first-order valence-corrected chi connectivity index (χ1v) is 20.3. The Hall–Kier alpha value is -4.64. The molecule has 0 saturated carbocycles. The summed E-state index contributed by atoms with van der Waals surface area (Å²) >= 11 is 0. The van der Waals surface area contributed by atoms with Crippen LogP contribution >= 0.6 is 0 Å². The van der Waals surface area contributed by atoms with Crippen molar-refractivity contribution in [1.82, 2.24) is 9.97 Å². The molecule has 0 aliphatic heterocycles. The van der Waals surface area contributed by atoms with Gasteiger partial charge in [0, 0.05) is 53.5 Å². The zero-order chi connectivity index (χ0) is 40.4. The molecule has 7 aromatic rings. The van der Waals surface area contributed by atoms with Gasteiger partial charge in [0.2, 0.25) is 0 Å². The van der Waals surface area contributed by atoms with E-state index in [1.807, 2.05) is 60.6 Å². The minimum absolute atomic E-state index is 0. The number of carbonyl (C=O) groups excluding carboxylic acids is 1. The summed E-state index contributed by atoms with van der Waals surface area (Å²) < 4.78 is 6.56.